The molecule has 0 radical (unpaired) electrons. The van der Waals surface area contributed by atoms with E-state index < -0.39 is 0 Å². The number of aromatic nitrogens is 2. The first-order valence-corrected chi connectivity index (χ1v) is 6.75. The van der Waals surface area contributed by atoms with Gasteiger partial charge in [-0.1, -0.05) is 13.8 Å². The molecule has 0 aliphatic carbocycles. The summed E-state index contributed by atoms with van der Waals surface area (Å²) >= 11 is 0. The number of nitrogens with one attached hydrogen (secondary N) is 1. The molecule has 3 rings (SSSR count). The van der Waals surface area contributed by atoms with Gasteiger partial charge in [0, 0.05) is 38.5 Å². The third-order valence-corrected chi connectivity index (χ3v) is 3.45. The van der Waals surface area contributed by atoms with Gasteiger partial charge in [0.05, 0.1) is 12.3 Å². The van der Waals surface area contributed by atoms with Crippen molar-refractivity contribution in [3.63, 3.8) is 0 Å². The largest absolute Gasteiger partial charge is 0.487 e. The van der Waals surface area contributed by atoms with Gasteiger partial charge in [-0.3, -0.25) is 0 Å². The predicted octanol–water partition coefficient (Wildman–Crippen LogP) is 0.944. The lowest BCUT2D eigenvalue weighted by atomic mass is 10.2. The second kappa shape index (κ2) is 4.72. The Bertz CT molecular complexity index is 441. The molecule has 1 N–H and O–H groups in total. The quantitative estimate of drug-likeness (QED) is 0.844. The minimum absolute atomic E-state index is 0.359. The van der Waals surface area contributed by atoms with Crippen LogP contribution in [0.2, 0.25) is 0 Å². The first-order chi connectivity index (χ1) is 8.75. The molecule has 1 aromatic rings. The van der Waals surface area contributed by atoms with E-state index in [-0.39, 0.29) is 0 Å². The van der Waals surface area contributed by atoms with Crippen molar-refractivity contribution in [2.24, 2.45) is 0 Å². The van der Waals surface area contributed by atoms with Crippen molar-refractivity contribution < 1.29 is 4.74 Å². The fraction of sp³-hybridized carbons (Fsp3) is 0.692. The lowest BCUT2D eigenvalue weighted by Crippen LogP contribution is -2.44. The van der Waals surface area contributed by atoms with Crippen molar-refractivity contribution >= 4 is 5.82 Å². The van der Waals surface area contributed by atoms with Gasteiger partial charge >= 0.3 is 0 Å². The number of rotatable bonds is 2. The van der Waals surface area contributed by atoms with Gasteiger partial charge in [0.15, 0.2) is 11.6 Å². The fourth-order valence-electron chi connectivity index (χ4n) is 2.42. The molecule has 3 heterocycles. The van der Waals surface area contributed by atoms with Crippen molar-refractivity contribution in [2.45, 2.75) is 26.2 Å². The molecule has 0 unspecified atom stereocenters. The van der Waals surface area contributed by atoms with Gasteiger partial charge in [0.1, 0.15) is 5.82 Å². The van der Waals surface area contributed by atoms with Crippen molar-refractivity contribution in [3.8, 4) is 5.75 Å². The van der Waals surface area contributed by atoms with E-state index in [0.29, 0.717) is 5.92 Å². The molecule has 0 saturated carbocycles. The van der Waals surface area contributed by atoms with Crippen LogP contribution < -0.4 is 15.0 Å². The van der Waals surface area contributed by atoms with Crippen LogP contribution in [0.25, 0.3) is 0 Å². The number of ether oxygens (including phenoxy) is 1. The van der Waals surface area contributed by atoms with Gasteiger partial charge in [0.2, 0.25) is 0 Å². The van der Waals surface area contributed by atoms with Gasteiger partial charge in [0.25, 0.3) is 0 Å². The van der Waals surface area contributed by atoms with Crippen LogP contribution in [0.15, 0.2) is 0 Å². The molecule has 18 heavy (non-hydrogen) atoms. The molecule has 5 heteroatoms. The topological polar surface area (TPSA) is 50.3 Å². The Kier molecular flexibility index (Phi) is 3.07. The molecule has 2 aliphatic heterocycles. The molecule has 0 amide bonds. The van der Waals surface area contributed by atoms with Gasteiger partial charge in [-0.2, -0.15) is 0 Å². The zero-order valence-electron chi connectivity index (χ0n) is 11.1. The minimum atomic E-state index is 0.359. The van der Waals surface area contributed by atoms with Crippen molar-refractivity contribution in [1.82, 2.24) is 15.3 Å². The van der Waals surface area contributed by atoms with Crippen molar-refractivity contribution in [1.29, 1.82) is 0 Å². The van der Waals surface area contributed by atoms with E-state index in [2.05, 4.69) is 29.0 Å². The maximum atomic E-state index is 5.73. The summed E-state index contributed by atoms with van der Waals surface area (Å²) in [5.41, 5.74) is 1.09. The van der Waals surface area contributed by atoms with Gasteiger partial charge in [-0.05, 0) is 0 Å². The Morgan fingerprint density at radius 2 is 2.00 bits per heavy atom. The first-order valence-electron chi connectivity index (χ1n) is 6.75. The van der Waals surface area contributed by atoms with Gasteiger partial charge < -0.3 is 15.0 Å². The number of fused-ring (bicyclic) bond motifs is 1. The van der Waals surface area contributed by atoms with Crippen LogP contribution in [0.3, 0.4) is 0 Å². The Morgan fingerprint density at radius 3 is 2.72 bits per heavy atom. The van der Waals surface area contributed by atoms with Gasteiger partial charge in [-0.15, -0.1) is 0 Å². The SMILES string of the molecule is CC(C)c1nc2c(c(N3CCNCC3)n1)OCC2. The van der Waals surface area contributed by atoms with Crippen LogP contribution in [0.4, 0.5) is 5.82 Å². The number of hydrogen-bond donors (Lipinski definition) is 1. The predicted molar refractivity (Wildman–Crippen MR) is 70.4 cm³/mol. The van der Waals surface area contributed by atoms with Crippen LogP contribution >= 0.6 is 0 Å². The molecule has 5 nitrogen and oxygen atoms in total. The Balaban J connectivity index is 2.00. The van der Waals surface area contributed by atoms with Crippen LogP contribution in [-0.2, 0) is 6.42 Å². The molecular weight excluding hydrogens is 228 g/mol. The minimum Gasteiger partial charge on any atom is -0.487 e. The third kappa shape index (κ3) is 2.03. The highest BCUT2D eigenvalue weighted by molar-refractivity contribution is 5.57. The molecule has 0 spiro atoms. The maximum Gasteiger partial charge on any atom is 0.183 e. The van der Waals surface area contributed by atoms with Crippen LogP contribution in [0, 0.1) is 0 Å². The monoisotopic (exact) mass is 248 g/mol. The Hall–Kier alpha value is -1.36. The van der Waals surface area contributed by atoms with E-state index >= 15 is 0 Å². The molecule has 0 atom stereocenters. The lowest BCUT2D eigenvalue weighted by molar-refractivity contribution is 0.355. The van der Waals surface area contributed by atoms with Crippen LogP contribution in [0.1, 0.15) is 31.3 Å². The van der Waals surface area contributed by atoms with Gasteiger partial charge in [-0.25, -0.2) is 9.97 Å². The molecular formula is C13H20N4O. The summed E-state index contributed by atoms with van der Waals surface area (Å²) in [5.74, 6) is 3.22. The summed E-state index contributed by atoms with van der Waals surface area (Å²) in [6, 6.07) is 0. The number of anilines is 1. The van der Waals surface area contributed by atoms with Crippen LogP contribution in [0.5, 0.6) is 5.75 Å². The number of hydrogen-bond acceptors (Lipinski definition) is 5. The zero-order valence-corrected chi connectivity index (χ0v) is 11.1. The second-order valence-corrected chi connectivity index (χ2v) is 5.17. The summed E-state index contributed by atoms with van der Waals surface area (Å²) in [7, 11) is 0. The first kappa shape index (κ1) is 11.7. The highest BCUT2D eigenvalue weighted by Gasteiger charge is 2.26. The highest BCUT2D eigenvalue weighted by Crippen LogP contribution is 2.34. The van der Waals surface area contributed by atoms with E-state index in [1.807, 2.05) is 0 Å². The summed E-state index contributed by atoms with van der Waals surface area (Å²) in [4.78, 5) is 11.7. The average molecular weight is 248 g/mol. The molecule has 1 saturated heterocycles. The van der Waals surface area contributed by atoms with Crippen LogP contribution in [-0.4, -0.2) is 42.8 Å². The summed E-state index contributed by atoms with van der Waals surface area (Å²) in [6.07, 6.45) is 0.913. The van der Waals surface area contributed by atoms with E-state index in [1.54, 1.807) is 0 Å². The Morgan fingerprint density at radius 1 is 1.22 bits per heavy atom. The summed E-state index contributed by atoms with van der Waals surface area (Å²) in [6.45, 7) is 9.02. The lowest BCUT2D eigenvalue weighted by Gasteiger charge is -2.29. The summed E-state index contributed by atoms with van der Waals surface area (Å²) in [5, 5.41) is 3.36. The normalized spacial score (nSPS) is 18.9. The fourth-order valence-corrected chi connectivity index (χ4v) is 2.42. The third-order valence-electron chi connectivity index (χ3n) is 3.45. The number of nitrogens with zero attached hydrogens (tertiary/aromatic N) is 3. The van der Waals surface area contributed by atoms with E-state index in [1.165, 1.54) is 0 Å². The van der Waals surface area contributed by atoms with Crippen molar-refractivity contribution in [2.75, 3.05) is 37.7 Å². The average Bonchev–Trinajstić information content (AvgIpc) is 2.86. The summed E-state index contributed by atoms with van der Waals surface area (Å²) < 4.78 is 5.73. The number of piperazine rings is 1. The van der Waals surface area contributed by atoms with E-state index in [0.717, 1.165) is 62.3 Å². The molecule has 0 aromatic carbocycles. The standard InChI is InChI=1S/C13H20N4O/c1-9(2)12-15-10-3-8-18-11(10)13(16-12)17-6-4-14-5-7-17/h9,14H,3-8H2,1-2H3. The molecule has 98 valence electrons. The highest BCUT2D eigenvalue weighted by atomic mass is 16.5. The second-order valence-electron chi connectivity index (χ2n) is 5.17. The molecule has 0 bridgehead atoms. The molecule has 2 aliphatic rings. The molecule has 1 fully saturated rings. The van der Waals surface area contributed by atoms with E-state index in [9.17, 15) is 0 Å². The van der Waals surface area contributed by atoms with Crippen molar-refractivity contribution in [3.05, 3.63) is 11.5 Å². The smallest absolute Gasteiger partial charge is 0.183 e. The maximum absolute atomic E-state index is 5.73. The zero-order chi connectivity index (χ0) is 12.5. The molecule has 1 aromatic heterocycles. The Labute approximate surface area is 108 Å². The van der Waals surface area contributed by atoms with E-state index in [4.69, 9.17) is 9.72 Å².